The number of nitrogens with zero attached hydrogens (tertiary/aromatic N) is 1. The molecule has 0 aliphatic carbocycles. The molecule has 0 amide bonds. The predicted molar refractivity (Wildman–Crippen MR) is 77.6 cm³/mol. The summed E-state index contributed by atoms with van der Waals surface area (Å²) in [4.78, 5) is 25.9. The van der Waals surface area contributed by atoms with Crippen LogP contribution in [0.25, 0.3) is 0 Å². The summed E-state index contributed by atoms with van der Waals surface area (Å²) < 4.78 is 0. The Morgan fingerprint density at radius 3 is 2.65 bits per heavy atom. The Labute approximate surface area is 118 Å². The molecule has 0 saturated heterocycles. The normalized spacial score (nSPS) is 11.6. The number of carbonyl (C=O) groups excluding carboxylic acids is 1. The van der Waals surface area contributed by atoms with Gasteiger partial charge >= 0.3 is 5.97 Å². The maximum atomic E-state index is 11.0. The van der Waals surface area contributed by atoms with Crippen molar-refractivity contribution in [2.24, 2.45) is 0 Å². The van der Waals surface area contributed by atoms with E-state index in [0.29, 0.717) is 17.7 Å². The maximum absolute atomic E-state index is 11.0. The standard InChI is InChI=1S/C16H17NO3/c1-11(6-4-7-12(2)13(3)18)10-14-8-5-9-15(17-14)16(19)20/h4-9H,1,10H2,2-3H3,(H,19,20)/b6-4-,12-7+. The van der Waals surface area contributed by atoms with Gasteiger partial charge in [0.2, 0.25) is 0 Å². The third-order valence-electron chi connectivity index (χ3n) is 2.67. The van der Waals surface area contributed by atoms with Crippen LogP contribution < -0.4 is 0 Å². The molecular formula is C16H17NO3. The maximum Gasteiger partial charge on any atom is 0.354 e. The van der Waals surface area contributed by atoms with Crippen molar-refractivity contribution in [3.63, 3.8) is 0 Å². The van der Waals surface area contributed by atoms with Gasteiger partial charge in [-0.05, 0) is 37.1 Å². The van der Waals surface area contributed by atoms with E-state index in [0.717, 1.165) is 5.57 Å². The number of aromatic nitrogens is 1. The van der Waals surface area contributed by atoms with Crippen molar-refractivity contribution in [3.8, 4) is 0 Å². The Morgan fingerprint density at radius 2 is 2.05 bits per heavy atom. The lowest BCUT2D eigenvalue weighted by Gasteiger charge is -2.01. The molecule has 0 aliphatic rings. The lowest BCUT2D eigenvalue weighted by Crippen LogP contribution is -2.02. The van der Waals surface area contributed by atoms with Gasteiger partial charge in [-0.1, -0.05) is 30.9 Å². The summed E-state index contributed by atoms with van der Waals surface area (Å²) in [6.45, 7) is 7.13. The first-order chi connectivity index (χ1) is 9.40. The summed E-state index contributed by atoms with van der Waals surface area (Å²) in [6.07, 6.45) is 5.71. The minimum atomic E-state index is -1.05. The number of allylic oxidation sites excluding steroid dienone is 5. The third-order valence-corrected chi connectivity index (χ3v) is 2.67. The highest BCUT2D eigenvalue weighted by atomic mass is 16.4. The summed E-state index contributed by atoms with van der Waals surface area (Å²) in [6, 6.07) is 4.86. The van der Waals surface area contributed by atoms with E-state index in [-0.39, 0.29) is 11.5 Å². The molecule has 4 nitrogen and oxygen atoms in total. The third kappa shape index (κ3) is 5.02. The van der Waals surface area contributed by atoms with Crippen LogP contribution in [0.4, 0.5) is 0 Å². The van der Waals surface area contributed by atoms with Crippen LogP contribution in [0, 0.1) is 0 Å². The minimum absolute atomic E-state index is 0.0200. The molecule has 20 heavy (non-hydrogen) atoms. The molecule has 104 valence electrons. The molecule has 1 N–H and O–H groups in total. The summed E-state index contributed by atoms with van der Waals surface area (Å²) in [5, 5.41) is 8.86. The van der Waals surface area contributed by atoms with Gasteiger partial charge in [0.15, 0.2) is 5.78 Å². The summed E-state index contributed by atoms with van der Waals surface area (Å²) in [5.74, 6) is -1.02. The van der Waals surface area contributed by atoms with Gasteiger partial charge in [0.05, 0.1) is 0 Å². The molecular weight excluding hydrogens is 254 g/mol. The summed E-state index contributed by atoms with van der Waals surface area (Å²) in [7, 11) is 0. The predicted octanol–water partition coefficient (Wildman–Crippen LogP) is 2.97. The highest BCUT2D eigenvalue weighted by molar-refractivity contribution is 5.92. The number of hydrogen-bond acceptors (Lipinski definition) is 3. The van der Waals surface area contributed by atoms with Crippen molar-refractivity contribution in [2.45, 2.75) is 20.3 Å². The van der Waals surface area contributed by atoms with Crippen molar-refractivity contribution in [1.29, 1.82) is 0 Å². The molecule has 0 radical (unpaired) electrons. The monoisotopic (exact) mass is 271 g/mol. The smallest absolute Gasteiger partial charge is 0.354 e. The van der Waals surface area contributed by atoms with Crippen LogP contribution in [0.15, 0.2) is 54.2 Å². The molecule has 0 fully saturated rings. The molecule has 0 spiro atoms. The number of carboxylic acids is 1. The molecule has 1 heterocycles. The lowest BCUT2D eigenvalue weighted by molar-refractivity contribution is -0.113. The van der Waals surface area contributed by atoms with Gasteiger partial charge in [-0.25, -0.2) is 9.78 Å². The van der Waals surface area contributed by atoms with Gasteiger partial charge in [0, 0.05) is 12.1 Å². The Bertz CT molecular complexity index is 597. The van der Waals surface area contributed by atoms with Gasteiger partial charge in [0.1, 0.15) is 5.69 Å². The zero-order valence-electron chi connectivity index (χ0n) is 11.6. The molecule has 0 aliphatic heterocycles. The second-order valence-corrected chi connectivity index (χ2v) is 4.42. The first-order valence-corrected chi connectivity index (χ1v) is 6.13. The summed E-state index contributed by atoms with van der Waals surface area (Å²) in [5.41, 5.74) is 2.12. The average molecular weight is 271 g/mol. The molecule has 1 aromatic rings. The van der Waals surface area contributed by atoms with Gasteiger partial charge in [-0.3, -0.25) is 4.79 Å². The number of pyridine rings is 1. The molecule has 0 aromatic carbocycles. The van der Waals surface area contributed by atoms with Crippen molar-refractivity contribution >= 4 is 11.8 Å². The van der Waals surface area contributed by atoms with Crippen molar-refractivity contribution in [3.05, 3.63) is 65.5 Å². The number of carboxylic acid groups (broad SMARTS) is 1. The largest absolute Gasteiger partial charge is 0.477 e. The fourth-order valence-electron chi connectivity index (χ4n) is 1.43. The van der Waals surface area contributed by atoms with Crippen LogP contribution in [-0.4, -0.2) is 21.8 Å². The molecule has 0 bridgehead atoms. The number of rotatable bonds is 6. The number of ketones is 1. The number of carbonyl (C=O) groups is 2. The highest BCUT2D eigenvalue weighted by Crippen LogP contribution is 2.07. The van der Waals surface area contributed by atoms with Crippen LogP contribution in [0.5, 0.6) is 0 Å². The van der Waals surface area contributed by atoms with Crippen LogP contribution in [0.1, 0.15) is 30.0 Å². The zero-order chi connectivity index (χ0) is 15.1. The fraction of sp³-hybridized carbons (Fsp3) is 0.188. The fourth-order valence-corrected chi connectivity index (χ4v) is 1.43. The quantitative estimate of drug-likeness (QED) is 0.638. The van der Waals surface area contributed by atoms with E-state index >= 15 is 0 Å². The second-order valence-electron chi connectivity index (χ2n) is 4.42. The van der Waals surface area contributed by atoms with Gasteiger partial charge < -0.3 is 5.11 Å². The van der Waals surface area contributed by atoms with E-state index in [1.807, 2.05) is 0 Å². The van der Waals surface area contributed by atoms with Crippen molar-refractivity contribution < 1.29 is 14.7 Å². The first-order valence-electron chi connectivity index (χ1n) is 6.13. The number of Topliss-reactive ketones (excluding diaryl/α,β-unsaturated/α-hetero) is 1. The lowest BCUT2D eigenvalue weighted by atomic mass is 10.1. The number of hydrogen-bond donors (Lipinski definition) is 1. The van der Waals surface area contributed by atoms with Gasteiger partial charge in [-0.15, -0.1) is 0 Å². The first kappa shape index (κ1) is 15.6. The average Bonchev–Trinajstić information content (AvgIpc) is 2.38. The second kappa shape index (κ2) is 7.19. The molecule has 0 saturated carbocycles. The Kier molecular flexibility index (Phi) is 5.59. The van der Waals surface area contributed by atoms with Crippen LogP contribution in [0.2, 0.25) is 0 Å². The van der Waals surface area contributed by atoms with E-state index < -0.39 is 5.97 Å². The van der Waals surface area contributed by atoms with E-state index in [1.165, 1.54) is 13.0 Å². The SMILES string of the molecule is C=C(/C=C\C=C(/C)C(C)=O)Cc1cccc(C(=O)O)n1. The van der Waals surface area contributed by atoms with E-state index in [1.54, 1.807) is 37.3 Å². The Morgan fingerprint density at radius 1 is 1.35 bits per heavy atom. The van der Waals surface area contributed by atoms with Crippen LogP contribution in [-0.2, 0) is 11.2 Å². The summed E-state index contributed by atoms with van der Waals surface area (Å²) >= 11 is 0. The highest BCUT2D eigenvalue weighted by Gasteiger charge is 2.05. The van der Waals surface area contributed by atoms with E-state index in [4.69, 9.17) is 5.11 Å². The van der Waals surface area contributed by atoms with E-state index in [9.17, 15) is 9.59 Å². The Balaban J connectivity index is 2.70. The number of aromatic carboxylic acids is 1. The Hall–Kier alpha value is -2.49. The molecule has 1 aromatic heterocycles. The zero-order valence-corrected chi connectivity index (χ0v) is 11.6. The topological polar surface area (TPSA) is 67.3 Å². The van der Waals surface area contributed by atoms with Gasteiger partial charge in [0.25, 0.3) is 0 Å². The van der Waals surface area contributed by atoms with Crippen molar-refractivity contribution in [1.82, 2.24) is 4.98 Å². The van der Waals surface area contributed by atoms with E-state index in [2.05, 4.69) is 11.6 Å². The van der Waals surface area contributed by atoms with Crippen molar-refractivity contribution in [2.75, 3.05) is 0 Å². The van der Waals surface area contributed by atoms with Crippen LogP contribution in [0.3, 0.4) is 0 Å². The van der Waals surface area contributed by atoms with Gasteiger partial charge in [-0.2, -0.15) is 0 Å². The molecule has 1 rings (SSSR count). The minimum Gasteiger partial charge on any atom is -0.477 e. The molecule has 0 unspecified atom stereocenters. The molecule has 0 atom stereocenters. The van der Waals surface area contributed by atoms with Crippen LogP contribution >= 0.6 is 0 Å². The molecule has 4 heteroatoms.